The number of benzene rings is 1. The van der Waals surface area contributed by atoms with Gasteiger partial charge in [0.1, 0.15) is 11.5 Å². The lowest BCUT2D eigenvalue weighted by Crippen LogP contribution is -2.30. The number of allylic oxidation sites excluding steroid dienone is 2. The highest BCUT2D eigenvalue weighted by atomic mass is 15.1. The number of imidazole rings is 1. The number of pyridine rings is 1. The zero-order valence-electron chi connectivity index (χ0n) is 26.5. The fourth-order valence-electron chi connectivity index (χ4n) is 5.97. The number of hydrogen-bond acceptors (Lipinski definition) is 6. The fourth-order valence-corrected chi connectivity index (χ4v) is 5.97. The van der Waals surface area contributed by atoms with E-state index >= 15 is 0 Å². The summed E-state index contributed by atoms with van der Waals surface area (Å²) >= 11 is 0. The molecule has 3 heterocycles. The largest absolute Gasteiger partial charge is 0.381 e. The van der Waals surface area contributed by atoms with E-state index in [0.717, 1.165) is 91.5 Å². The average molecular weight is 568 g/mol. The minimum atomic E-state index is 0.148. The van der Waals surface area contributed by atoms with Crippen molar-refractivity contribution in [2.24, 2.45) is 10.4 Å². The molecule has 2 aromatic heterocycles. The summed E-state index contributed by atoms with van der Waals surface area (Å²) in [5, 5.41) is 10.3. The summed E-state index contributed by atoms with van der Waals surface area (Å²) in [6.07, 6.45) is 12.9. The maximum absolute atomic E-state index is 4.67. The molecule has 1 aliphatic heterocycles. The van der Waals surface area contributed by atoms with Crippen LogP contribution in [-0.2, 0) is 6.54 Å². The molecule has 0 aliphatic carbocycles. The van der Waals surface area contributed by atoms with Crippen molar-refractivity contribution in [2.45, 2.75) is 59.9 Å². The Hall–Kier alpha value is -3.68. The monoisotopic (exact) mass is 567 g/mol. The number of nitrogens with zero attached hydrogens (tertiary/aromatic N) is 4. The fraction of sp³-hybridized carbons (Fsp3) is 0.429. The van der Waals surface area contributed by atoms with Crippen LogP contribution in [0, 0.1) is 12.3 Å². The summed E-state index contributed by atoms with van der Waals surface area (Å²) in [7, 11) is 4.20. The SMILES string of the molecule is C=N/C(=C\C=C(/CCN(C)CCNC)C(C)(CC)CCC)Nc1ccc(-c2cnc3cc(C)ccn23)c2c1C(=C)NC2. The molecule has 1 atom stereocenters. The lowest BCUT2D eigenvalue weighted by atomic mass is 9.74. The van der Waals surface area contributed by atoms with Gasteiger partial charge in [-0.1, -0.05) is 51.5 Å². The second-order valence-electron chi connectivity index (χ2n) is 11.8. The molecule has 1 unspecified atom stereocenters. The van der Waals surface area contributed by atoms with Crippen molar-refractivity contribution in [1.82, 2.24) is 24.9 Å². The predicted molar refractivity (Wildman–Crippen MR) is 180 cm³/mol. The van der Waals surface area contributed by atoms with Crippen LogP contribution in [0.1, 0.15) is 63.1 Å². The first-order valence-corrected chi connectivity index (χ1v) is 15.3. The summed E-state index contributed by atoms with van der Waals surface area (Å²) in [6, 6.07) is 8.51. The molecule has 224 valence electrons. The number of fused-ring (bicyclic) bond motifs is 2. The Morgan fingerprint density at radius 2 is 2.05 bits per heavy atom. The van der Waals surface area contributed by atoms with Gasteiger partial charge in [-0.2, -0.15) is 0 Å². The molecule has 0 saturated carbocycles. The number of aryl methyl sites for hydroxylation is 1. The minimum Gasteiger partial charge on any atom is -0.381 e. The van der Waals surface area contributed by atoms with E-state index in [-0.39, 0.29) is 5.41 Å². The molecule has 3 aromatic rings. The van der Waals surface area contributed by atoms with Gasteiger partial charge in [0.15, 0.2) is 0 Å². The number of anilines is 1. The van der Waals surface area contributed by atoms with Crippen LogP contribution in [0.25, 0.3) is 22.6 Å². The van der Waals surface area contributed by atoms with Gasteiger partial charge >= 0.3 is 0 Å². The molecule has 0 bridgehead atoms. The van der Waals surface area contributed by atoms with E-state index in [2.05, 4.69) is 126 Å². The molecule has 1 aromatic carbocycles. The molecular formula is C35H49N7. The van der Waals surface area contributed by atoms with Crippen LogP contribution in [0.4, 0.5) is 5.69 Å². The van der Waals surface area contributed by atoms with Gasteiger partial charge in [0, 0.05) is 54.9 Å². The summed E-state index contributed by atoms with van der Waals surface area (Å²) in [5.74, 6) is 0.728. The Balaban J connectivity index is 1.66. The van der Waals surface area contributed by atoms with E-state index in [0.29, 0.717) is 0 Å². The van der Waals surface area contributed by atoms with Crippen LogP contribution in [0.3, 0.4) is 0 Å². The third-order valence-electron chi connectivity index (χ3n) is 8.78. The highest BCUT2D eigenvalue weighted by molar-refractivity contribution is 5.86. The van der Waals surface area contributed by atoms with E-state index in [1.165, 1.54) is 16.7 Å². The van der Waals surface area contributed by atoms with Crippen molar-refractivity contribution >= 4 is 23.7 Å². The molecule has 7 heteroatoms. The van der Waals surface area contributed by atoms with Gasteiger partial charge in [0.25, 0.3) is 0 Å². The molecular weight excluding hydrogens is 518 g/mol. The lowest BCUT2D eigenvalue weighted by Gasteiger charge is -2.32. The summed E-state index contributed by atoms with van der Waals surface area (Å²) < 4.78 is 2.15. The summed E-state index contributed by atoms with van der Waals surface area (Å²) in [5.41, 5.74) is 10.2. The Kier molecular flexibility index (Phi) is 10.4. The van der Waals surface area contributed by atoms with Gasteiger partial charge in [-0.3, -0.25) is 4.40 Å². The molecule has 42 heavy (non-hydrogen) atoms. The van der Waals surface area contributed by atoms with Crippen molar-refractivity contribution in [1.29, 1.82) is 0 Å². The second-order valence-corrected chi connectivity index (χ2v) is 11.8. The predicted octanol–water partition coefficient (Wildman–Crippen LogP) is 7.02. The third-order valence-corrected chi connectivity index (χ3v) is 8.78. The average Bonchev–Trinajstić information content (AvgIpc) is 3.58. The Labute approximate surface area is 252 Å². The first kappa shape index (κ1) is 31.3. The number of rotatable bonds is 15. The topological polar surface area (TPSA) is 69.0 Å². The van der Waals surface area contributed by atoms with Crippen LogP contribution in [0.5, 0.6) is 0 Å². The molecule has 0 amide bonds. The van der Waals surface area contributed by atoms with Crippen LogP contribution in [0.15, 0.2) is 71.8 Å². The smallest absolute Gasteiger partial charge is 0.137 e. The number of aliphatic imine (C=N–C) groups is 1. The quantitative estimate of drug-likeness (QED) is 0.136. The van der Waals surface area contributed by atoms with E-state index in [1.807, 2.05) is 13.2 Å². The zero-order valence-corrected chi connectivity index (χ0v) is 26.5. The second kappa shape index (κ2) is 14.0. The van der Waals surface area contributed by atoms with E-state index < -0.39 is 0 Å². The van der Waals surface area contributed by atoms with E-state index in [4.69, 9.17) is 0 Å². The molecule has 0 fully saturated rings. The normalized spacial score (nSPS) is 15.2. The van der Waals surface area contributed by atoms with Crippen LogP contribution in [-0.4, -0.2) is 54.7 Å². The van der Waals surface area contributed by atoms with Gasteiger partial charge in [-0.05, 0) is 87.8 Å². The molecule has 4 rings (SSSR count). The van der Waals surface area contributed by atoms with Crippen molar-refractivity contribution in [3.8, 4) is 11.3 Å². The third kappa shape index (κ3) is 6.85. The van der Waals surface area contributed by atoms with Crippen molar-refractivity contribution in [2.75, 3.05) is 39.0 Å². The first-order chi connectivity index (χ1) is 20.2. The highest BCUT2D eigenvalue weighted by Gasteiger charge is 2.26. The maximum atomic E-state index is 4.67. The number of nitrogens with one attached hydrogen (secondary N) is 3. The Morgan fingerprint density at radius 1 is 1.24 bits per heavy atom. The van der Waals surface area contributed by atoms with Crippen molar-refractivity contribution in [3.63, 3.8) is 0 Å². The van der Waals surface area contributed by atoms with Crippen molar-refractivity contribution in [3.05, 3.63) is 83.5 Å². The number of hydrogen-bond donors (Lipinski definition) is 3. The number of likely N-dealkylation sites (N-methyl/N-ethyl adjacent to an activating group) is 2. The van der Waals surface area contributed by atoms with Crippen molar-refractivity contribution < 1.29 is 0 Å². The maximum Gasteiger partial charge on any atom is 0.137 e. The molecule has 3 N–H and O–H groups in total. The van der Waals surface area contributed by atoms with Gasteiger partial charge in [0.2, 0.25) is 0 Å². The lowest BCUT2D eigenvalue weighted by molar-refractivity contribution is 0.299. The molecule has 0 spiro atoms. The summed E-state index contributed by atoms with van der Waals surface area (Å²) in [6.45, 7) is 21.1. The van der Waals surface area contributed by atoms with Crippen LogP contribution < -0.4 is 16.0 Å². The molecule has 0 saturated heterocycles. The van der Waals surface area contributed by atoms with E-state index in [1.54, 1.807) is 0 Å². The van der Waals surface area contributed by atoms with E-state index in [9.17, 15) is 0 Å². The Bertz CT molecular complexity index is 1480. The summed E-state index contributed by atoms with van der Waals surface area (Å²) in [4.78, 5) is 11.5. The molecule has 0 radical (unpaired) electrons. The van der Waals surface area contributed by atoms with Gasteiger partial charge in [-0.25, -0.2) is 9.98 Å². The highest BCUT2D eigenvalue weighted by Crippen LogP contribution is 2.40. The number of aromatic nitrogens is 2. The van der Waals surface area contributed by atoms with Crippen LogP contribution in [0.2, 0.25) is 0 Å². The minimum absolute atomic E-state index is 0.148. The first-order valence-electron chi connectivity index (χ1n) is 15.3. The molecule has 7 nitrogen and oxygen atoms in total. The van der Waals surface area contributed by atoms with Gasteiger partial charge in [-0.15, -0.1) is 0 Å². The molecule has 1 aliphatic rings. The zero-order chi connectivity index (χ0) is 30.3. The Morgan fingerprint density at radius 3 is 2.76 bits per heavy atom. The van der Waals surface area contributed by atoms with Gasteiger partial charge in [0.05, 0.1) is 11.9 Å². The van der Waals surface area contributed by atoms with Gasteiger partial charge < -0.3 is 20.9 Å². The van der Waals surface area contributed by atoms with Crippen LogP contribution >= 0.6 is 0 Å². The standard InChI is InChI=1S/C35H49N7/c1-9-17-35(5,10-2)27(16-19-41(8)21-18-36-6)11-14-32(37-7)40-30-13-12-28(29-23-38-26(4)34(29)30)31-24-39-33-22-25(3)15-20-42(31)33/h11-15,20,22,24,36,38,40H,4,7,9-10,16-19,21,23H2,1-3,5-6,8H3/b27-11+,32-14+.